The maximum absolute atomic E-state index is 12.1. The normalized spacial score (nSPS) is 10.3. The predicted octanol–water partition coefficient (Wildman–Crippen LogP) is 9.08. The summed E-state index contributed by atoms with van der Waals surface area (Å²) in [4.78, 5) is 78.2. The van der Waals surface area contributed by atoms with Crippen molar-refractivity contribution in [1.82, 2.24) is 59.3 Å². The van der Waals surface area contributed by atoms with Crippen molar-refractivity contribution < 1.29 is 14.1 Å². The average Bonchev–Trinajstić information content (AvgIpc) is 4.17. The lowest BCUT2D eigenvalue weighted by molar-refractivity contribution is -0.116. The molecule has 0 saturated heterocycles. The first-order chi connectivity index (χ1) is 36.9. The van der Waals surface area contributed by atoms with E-state index in [2.05, 4.69) is 66.6 Å². The zero-order chi connectivity index (χ0) is 56.6. The van der Waals surface area contributed by atoms with Crippen molar-refractivity contribution in [3.05, 3.63) is 127 Å². The van der Waals surface area contributed by atoms with E-state index in [1.807, 2.05) is 103 Å². The molecule has 3 amide bonds. The third-order valence-corrected chi connectivity index (χ3v) is 12.6. The van der Waals surface area contributed by atoms with Gasteiger partial charge in [0.1, 0.15) is 12.5 Å². The Labute approximate surface area is 473 Å². The lowest BCUT2D eigenvalue weighted by Gasteiger charge is -2.25. The lowest BCUT2D eigenvalue weighted by Crippen LogP contribution is -2.35. The average molecular weight is 1180 g/mol. The number of nitrogens with zero attached hydrogens (tertiary/aromatic N) is 13. The van der Waals surface area contributed by atoms with Crippen LogP contribution in [0.4, 0.5) is 39.4 Å². The number of thioether (sulfide) groups is 1. The molecule has 8 aromatic rings. The van der Waals surface area contributed by atoms with Crippen LogP contribution in [0.1, 0.15) is 38.8 Å². The molecule has 0 bridgehead atoms. The van der Waals surface area contributed by atoms with Gasteiger partial charge in [0.25, 0.3) is 0 Å². The Balaban J connectivity index is 0.000000209. The second kappa shape index (κ2) is 31.9. The van der Waals surface area contributed by atoms with Gasteiger partial charge in [0.2, 0.25) is 35.0 Å². The number of hydrogen-bond acceptors (Lipinski definition) is 19. The number of para-hydroxylation sites is 2. The standard InChI is InChI=1S/C14H16ClN3O.C10H11N3OS.C9H6Cl2N2O3.C8H15N5S.C7H12ClN5/c1-11-5-3-6-12(2)14(11)18(13(19)9-15)10-17-8-4-7-16-17;1-11-9(14)13(2)10-12-7-5-3-4-6-8(7)15-10;1-12-8(14)13(16-9(12)15)5-2-3-6(10)7(11)4-5;1-4-9-6-11-7(10-5-2)13-8(12-6)14-3;1-3-9-6-11-5(8)12-7(13-6)10-4-2/h3-8H,9-10H2,1-2H3;3-6H,1-2H3,(H,11,14);2-4H,1H3;4-5H2,1-3H3,(H2,9,10,11,12,13);3-4H2,1-2H3,(H2,9,10,11,12,13). The Bertz CT molecular complexity index is 3170. The van der Waals surface area contributed by atoms with E-state index in [4.69, 9.17) is 50.9 Å². The first-order valence-corrected chi connectivity index (χ1v) is 27.3. The summed E-state index contributed by atoms with van der Waals surface area (Å²) in [5, 5.41) is 21.0. The highest BCUT2D eigenvalue weighted by atomic mass is 35.5. The fourth-order valence-electron chi connectivity index (χ4n) is 6.28. The van der Waals surface area contributed by atoms with Crippen LogP contribution in [0.3, 0.4) is 0 Å². The summed E-state index contributed by atoms with van der Waals surface area (Å²) in [7, 11) is 4.63. The molecule has 23 nitrogen and oxygen atoms in total. The quantitative estimate of drug-likeness (QED) is 0.0473. The van der Waals surface area contributed by atoms with Gasteiger partial charge in [0.15, 0.2) is 10.3 Å². The van der Waals surface area contributed by atoms with Crippen LogP contribution in [-0.4, -0.2) is 118 Å². The van der Waals surface area contributed by atoms with Gasteiger partial charge in [-0.15, -0.1) is 16.3 Å². The molecule has 5 heterocycles. The van der Waals surface area contributed by atoms with Gasteiger partial charge in [0, 0.05) is 59.7 Å². The molecule has 3 aromatic carbocycles. The van der Waals surface area contributed by atoms with Crippen LogP contribution in [0.5, 0.6) is 0 Å². The van der Waals surface area contributed by atoms with Crippen molar-refractivity contribution in [3.8, 4) is 5.69 Å². The second-order valence-electron chi connectivity index (χ2n) is 15.4. The van der Waals surface area contributed by atoms with Crippen LogP contribution in [0.15, 0.2) is 98.4 Å². The summed E-state index contributed by atoms with van der Waals surface area (Å²) in [5.41, 5.74) is 3.69. The minimum absolute atomic E-state index is 0.0466. The third kappa shape index (κ3) is 18.9. The van der Waals surface area contributed by atoms with Gasteiger partial charge < -0.3 is 31.1 Å². The summed E-state index contributed by atoms with van der Waals surface area (Å²) in [6.07, 6.45) is 5.46. The number of alkyl halides is 1. The molecular formula is C48H60Cl4N18O5S2. The smallest absolute Gasteiger partial charge is 0.354 e. The Hall–Kier alpha value is -7.03. The monoisotopic (exact) mass is 1170 g/mol. The van der Waals surface area contributed by atoms with Crippen molar-refractivity contribution in [2.24, 2.45) is 7.05 Å². The summed E-state index contributed by atoms with van der Waals surface area (Å²) < 4.78 is 9.23. The highest BCUT2D eigenvalue weighted by Crippen LogP contribution is 2.28. The number of benzene rings is 3. The number of urea groups is 1. The number of hydrogen-bond donors (Lipinski definition) is 5. The Morgan fingerprint density at radius 3 is 1.79 bits per heavy atom. The first kappa shape index (κ1) is 62.5. The van der Waals surface area contributed by atoms with E-state index in [-0.39, 0.29) is 28.1 Å². The predicted molar refractivity (Wildman–Crippen MR) is 311 cm³/mol. The molecule has 77 heavy (non-hydrogen) atoms. The summed E-state index contributed by atoms with van der Waals surface area (Å²) >= 11 is 25.9. The molecule has 5 aromatic heterocycles. The molecule has 8 rings (SSSR count). The number of nitrogens with one attached hydrogen (secondary N) is 5. The van der Waals surface area contributed by atoms with Crippen molar-refractivity contribution in [2.75, 3.05) is 83.5 Å². The number of halogens is 4. The number of amides is 3. The molecule has 0 aliphatic carbocycles. The van der Waals surface area contributed by atoms with E-state index in [9.17, 15) is 19.2 Å². The summed E-state index contributed by atoms with van der Waals surface area (Å²) in [6, 6.07) is 19.9. The Morgan fingerprint density at radius 1 is 0.753 bits per heavy atom. The topological polar surface area (TPSA) is 266 Å². The number of thiazole rings is 1. The number of carbonyl (C=O) groups excluding carboxylic acids is 2. The van der Waals surface area contributed by atoms with Gasteiger partial charge in [-0.05, 0) is 107 Å². The van der Waals surface area contributed by atoms with Crippen LogP contribution in [0.2, 0.25) is 15.3 Å². The minimum Gasteiger partial charge on any atom is -0.354 e. The highest BCUT2D eigenvalue weighted by molar-refractivity contribution is 7.98. The number of aromatic nitrogens is 11. The lowest BCUT2D eigenvalue weighted by atomic mass is 10.1. The number of fused-ring (bicyclic) bond motifs is 1. The number of rotatable bonds is 15. The zero-order valence-corrected chi connectivity index (χ0v) is 48.6. The zero-order valence-electron chi connectivity index (χ0n) is 43.9. The fraction of sp³-hybridized carbons (Fsp3) is 0.333. The van der Waals surface area contributed by atoms with Gasteiger partial charge >= 0.3 is 17.5 Å². The first-order valence-electron chi connectivity index (χ1n) is 23.5. The molecule has 29 heteroatoms. The van der Waals surface area contributed by atoms with Crippen LogP contribution >= 0.6 is 69.5 Å². The minimum atomic E-state index is -0.740. The van der Waals surface area contributed by atoms with E-state index >= 15 is 0 Å². The van der Waals surface area contributed by atoms with Crippen molar-refractivity contribution >= 4 is 126 Å². The van der Waals surface area contributed by atoms with E-state index in [0.29, 0.717) is 46.3 Å². The molecule has 5 N–H and O–H groups in total. The summed E-state index contributed by atoms with van der Waals surface area (Å²) in [5.74, 6) is 1.34. The molecule has 0 saturated carbocycles. The molecule has 0 radical (unpaired) electrons. The van der Waals surface area contributed by atoms with Gasteiger partial charge in [-0.25, -0.2) is 23.9 Å². The van der Waals surface area contributed by atoms with Gasteiger partial charge in [0.05, 0.1) is 31.6 Å². The number of carbonyl (C=O) groups is 2. The van der Waals surface area contributed by atoms with Crippen molar-refractivity contribution in [2.45, 2.75) is 53.4 Å². The molecule has 0 fully saturated rings. The molecule has 0 unspecified atom stereocenters. The maximum Gasteiger partial charge on any atom is 0.442 e. The van der Waals surface area contributed by atoms with Gasteiger partial charge in [-0.1, -0.05) is 76.6 Å². The third-order valence-electron chi connectivity index (χ3n) is 9.85. The highest BCUT2D eigenvalue weighted by Gasteiger charge is 2.19. The Morgan fingerprint density at radius 2 is 1.32 bits per heavy atom. The number of anilines is 6. The van der Waals surface area contributed by atoms with Crippen LogP contribution < -0.4 is 47.8 Å². The van der Waals surface area contributed by atoms with Crippen molar-refractivity contribution in [1.29, 1.82) is 0 Å². The second-order valence-corrected chi connectivity index (χ2v) is 18.6. The SMILES string of the molecule is CCNc1nc(Cl)nc(NCC)n1.CCNc1nc(NCC)nc(SC)n1.CNC(=O)N(C)c1nc2ccccc2s1.Cc1cccc(C)c1N(Cn1cccn1)C(=O)CCl.Cn1c(=O)on(-c2ccc(Cl)c(Cl)c2)c1=O. The Kier molecular flexibility index (Phi) is 25.9. The molecule has 412 valence electrons. The number of aryl methyl sites for hydroxylation is 2. The van der Waals surface area contributed by atoms with E-state index < -0.39 is 11.4 Å². The molecular weight excluding hydrogens is 1110 g/mol. The van der Waals surface area contributed by atoms with E-state index in [1.165, 1.54) is 53.2 Å². The summed E-state index contributed by atoms with van der Waals surface area (Å²) in [6.45, 7) is 15.4. The molecule has 0 aliphatic rings. The fourth-order valence-corrected chi connectivity index (χ4v) is 8.16. The largest absolute Gasteiger partial charge is 0.442 e. The van der Waals surface area contributed by atoms with Gasteiger partial charge in [-0.3, -0.25) is 19.3 Å². The molecule has 0 atom stereocenters. The molecule has 0 aliphatic heterocycles. The van der Waals surface area contributed by atoms with Crippen molar-refractivity contribution in [3.63, 3.8) is 0 Å². The van der Waals surface area contributed by atoms with Gasteiger partial charge in [-0.2, -0.15) is 35.0 Å². The van der Waals surface area contributed by atoms with E-state index in [0.717, 1.165) is 67.7 Å². The maximum atomic E-state index is 12.1. The van der Waals surface area contributed by atoms with Crippen LogP contribution in [0, 0.1) is 13.8 Å². The van der Waals surface area contributed by atoms with E-state index in [1.54, 1.807) is 29.9 Å². The van der Waals surface area contributed by atoms with Crippen LogP contribution in [0.25, 0.3) is 15.9 Å². The molecule has 0 spiro atoms. The van der Waals surface area contributed by atoms with Crippen LogP contribution in [-0.2, 0) is 18.5 Å².